The number of nitro groups is 1. The minimum Gasteiger partial charge on any atom is -0.371 e. The van der Waals surface area contributed by atoms with Crippen molar-refractivity contribution in [3.63, 3.8) is 0 Å². The predicted octanol–water partition coefficient (Wildman–Crippen LogP) is 2.71. The Kier molecular flexibility index (Phi) is 4.89. The van der Waals surface area contributed by atoms with Crippen LogP contribution in [0.2, 0.25) is 0 Å². The van der Waals surface area contributed by atoms with E-state index < -0.39 is 0 Å². The molecule has 106 valence electrons. The summed E-state index contributed by atoms with van der Waals surface area (Å²) in [6.07, 6.45) is 0. The van der Waals surface area contributed by atoms with Gasteiger partial charge in [-0.15, -0.1) is 0 Å². The van der Waals surface area contributed by atoms with Crippen LogP contribution in [0.25, 0.3) is 0 Å². The molecule has 0 unspecified atom stereocenters. The predicted molar refractivity (Wildman–Crippen MR) is 78.6 cm³/mol. The van der Waals surface area contributed by atoms with Crippen LogP contribution in [-0.2, 0) is 0 Å². The number of nitro benzene ring substituents is 1. The van der Waals surface area contributed by atoms with Crippen LogP contribution in [0.4, 0.5) is 11.4 Å². The summed E-state index contributed by atoms with van der Waals surface area (Å²) >= 11 is 0. The zero-order valence-electron chi connectivity index (χ0n) is 12.1. The average molecular weight is 265 g/mol. The molecule has 2 N–H and O–H groups in total. The lowest BCUT2D eigenvalue weighted by Gasteiger charge is -2.33. The fraction of sp³-hybridized carbons (Fsp3) is 0.571. The minimum absolute atomic E-state index is 0.0208. The van der Waals surface area contributed by atoms with Crippen LogP contribution in [0.1, 0.15) is 26.3 Å². The van der Waals surface area contributed by atoms with E-state index in [-0.39, 0.29) is 16.0 Å². The molecule has 5 heteroatoms. The summed E-state index contributed by atoms with van der Waals surface area (Å²) in [6, 6.07) is 4.98. The largest absolute Gasteiger partial charge is 0.371 e. The molecule has 1 aromatic carbocycles. The normalized spacial score (nSPS) is 11.4. The fourth-order valence-corrected chi connectivity index (χ4v) is 2.00. The molecule has 1 aromatic rings. The maximum atomic E-state index is 10.9. The summed E-state index contributed by atoms with van der Waals surface area (Å²) in [7, 11) is 0. The molecule has 0 fully saturated rings. The summed E-state index contributed by atoms with van der Waals surface area (Å²) in [6.45, 7) is 10.4. The van der Waals surface area contributed by atoms with Crippen LogP contribution in [-0.4, -0.2) is 24.6 Å². The first-order valence-electron chi connectivity index (χ1n) is 6.51. The lowest BCUT2D eigenvalue weighted by atomic mass is 9.92. The molecule has 0 aliphatic rings. The Bertz CT molecular complexity index is 458. The molecule has 5 nitrogen and oxygen atoms in total. The van der Waals surface area contributed by atoms with Crippen molar-refractivity contribution in [1.82, 2.24) is 0 Å². The van der Waals surface area contributed by atoms with Crippen LogP contribution < -0.4 is 10.6 Å². The maximum absolute atomic E-state index is 10.9. The van der Waals surface area contributed by atoms with Gasteiger partial charge < -0.3 is 10.6 Å². The molecule has 0 aromatic heterocycles. The van der Waals surface area contributed by atoms with E-state index in [1.807, 2.05) is 13.8 Å². The van der Waals surface area contributed by atoms with Gasteiger partial charge in [-0.1, -0.05) is 19.9 Å². The highest BCUT2D eigenvalue weighted by atomic mass is 16.6. The van der Waals surface area contributed by atoms with Gasteiger partial charge in [-0.25, -0.2) is 0 Å². The zero-order valence-corrected chi connectivity index (χ0v) is 12.1. The molecular formula is C14H23N3O2. The van der Waals surface area contributed by atoms with Crippen molar-refractivity contribution >= 4 is 11.4 Å². The lowest BCUT2D eigenvalue weighted by molar-refractivity contribution is -0.384. The molecule has 0 bridgehead atoms. The van der Waals surface area contributed by atoms with Crippen molar-refractivity contribution < 1.29 is 4.92 Å². The van der Waals surface area contributed by atoms with Gasteiger partial charge in [0, 0.05) is 30.9 Å². The molecule has 0 radical (unpaired) electrons. The second-order valence-electron chi connectivity index (χ2n) is 5.61. The number of nitrogens with zero attached hydrogens (tertiary/aromatic N) is 2. The molecular weight excluding hydrogens is 242 g/mol. The lowest BCUT2D eigenvalue weighted by Crippen LogP contribution is -2.39. The van der Waals surface area contributed by atoms with Gasteiger partial charge in [-0.2, -0.15) is 0 Å². The molecule has 0 saturated heterocycles. The Balaban J connectivity index is 3.10. The molecule has 0 atom stereocenters. The van der Waals surface area contributed by atoms with Crippen molar-refractivity contribution in [1.29, 1.82) is 0 Å². The summed E-state index contributed by atoms with van der Waals surface area (Å²) in [5.74, 6) is 0. The number of anilines is 1. The Morgan fingerprint density at radius 2 is 2.05 bits per heavy atom. The molecule has 1 rings (SSSR count). The molecule has 0 aliphatic carbocycles. The second-order valence-corrected chi connectivity index (χ2v) is 5.61. The van der Waals surface area contributed by atoms with Crippen molar-refractivity contribution in [2.75, 3.05) is 24.5 Å². The summed E-state index contributed by atoms with van der Waals surface area (Å²) in [5, 5.41) is 10.9. The highest BCUT2D eigenvalue weighted by Crippen LogP contribution is 2.28. The van der Waals surface area contributed by atoms with E-state index in [2.05, 4.69) is 18.7 Å². The Hall–Kier alpha value is -1.62. The first-order chi connectivity index (χ1) is 8.80. The standard InChI is InChI=1S/C14H23N3O2/c1-5-16(10-14(3,4)9-15)13-8-12(17(18)19)7-6-11(13)2/h6-8H,5,9-10,15H2,1-4H3. The van der Waals surface area contributed by atoms with Gasteiger partial charge in [0.25, 0.3) is 5.69 Å². The maximum Gasteiger partial charge on any atom is 0.271 e. The van der Waals surface area contributed by atoms with E-state index in [1.165, 1.54) is 0 Å². The van der Waals surface area contributed by atoms with Crippen molar-refractivity contribution in [3.05, 3.63) is 33.9 Å². The van der Waals surface area contributed by atoms with Gasteiger partial charge in [-0.3, -0.25) is 10.1 Å². The van der Waals surface area contributed by atoms with Gasteiger partial charge in [0.15, 0.2) is 0 Å². The summed E-state index contributed by atoms with van der Waals surface area (Å²) in [5.41, 5.74) is 7.83. The number of nitrogens with two attached hydrogens (primary N) is 1. The van der Waals surface area contributed by atoms with E-state index in [0.29, 0.717) is 6.54 Å². The second kappa shape index (κ2) is 6.02. The van der Waals surface area contributed by atoms with Gasteiger partial charge >= 0.3 is 0 Å². The highest BCUT2D eigenvalue weighted by molar-refractivity contribution is 5.58. The van der Waals surface area contributed by atoms with Crippen molar-refractivity contribution in [2.45, 2.75) is 27.7 Å². The van der Waals surface area contributed by atoms with E-state index in [9.17, 15) is 10.1 Å². The third-order valence-corrected chi connectivity index (χ3v) is 3.30. The van der Waals surface area contributed by atoms with Crippen LogP contribution in [0.3, 0.4) is 0 Å². The highest BCUT2D eigenvalue weighted by Gasteiger charge is 2.21. The fourth-order valence-electron chi connectivity index (χ4n) is 2.00. The van der Waals surface area contributed by atoms with Crippen LogP contribution in [0.15, 0.2) is 18.2 Å². The monoisotopic (exact) mass is 265 g/mol. The van der Waals surface area contributed by atoms with Crippen molar-refractivity contribution in [2.24, 2.45) is 11.1 Å². The van der Waals surface area contributed by atoms with Gasteiger partial charge in [-0.05, 0) is 31.4 Å². The number of aryl methyl sites for hydroxylation is 1. The first kappa shape index (κ1) is 15.4. The Morgan fingerprint density at radius 1 is 1.42 bits per heavy atom. The third kappa shape index (κ3) is 3.92. The number of hydrogen-bond donors (Lipinski definition) is 1. The van der Waals surface area contributed by atoms with E-state index in [1.54, 1.807) is 18.2 Å². The smallest absolute Gasteiger partial charge is 0.271 e. The SMILES string of the molecule is CCN(CC(C)(C)CN)c1cc([N+](=O)[O-])ccc1C. The van der Waals surface area contributed by atoms with Gasteiger partial charge in [0.1, 0.15) is 0 Å². The third-order valence-electron chi connectivity index (χ3n) is 3.30. The average Bonchev–Trinajstić information content (AvgIpc) is 2.36. The first-order valence-corrected chi connectivity index (χ1v) is 6.51. The van der Waals surface area contributed by atoms with Crippen molar-refractivity contribution in [3.8, 4) is 0 Å². The summed E-state index contributed by atoms with van der Waals surface area (Å²) < 4.78 is 0. The number of non-ortho nitro benzene ring substituents is 1. The van der Waals surface area contributed by atoms with Gasteiger partial charge in [0.2, 0.25) is 0 Å². The van der Waals surface area contributed by atoms with Crippen LogP contribution >= 0.6 is 0 Å². The number of benzene rings is 1. The molecule has 0 heterocycles. The van der Waals surface area contributed by atoms with Crippen LogP contribution in [0, 0.1) is 22.5 Å². The molecule has 19 heavy (non-hydrogen) atoms. The topological polar surface area (TPSA) is 72.4 Å². The Morgan fingerprint density at radius 3 is 2.53 bits per heavy atom. The van der Waals surface area contributed by atoms with Crippen LogP contribution in [0.5, 0.6) is 0 Å². The minimum atomic E-state index is -0.356. The zero-order chi connectivity index (χ0) is 14.6. The quantitative estimate of drug-likeness (QED) is 0.634. The molecule has 0 spiro atoms. The number of hydrogen-bond acceptors (Lipinski definition) is 4. The van der Waals surface area contributed by atoms with E-state index in [0.717, 1.165) is 24.3 Å². The molecule has 0 aliphatic heterocycles. The molecule has 0 saturated carbocycles. The summed E-state index contributed by atoms with van der Waals surface area (Å²) in [4.78, 5) is 12.7. The van der Waals surface area contributed by atoms with E-state index in [4.69, 9.17) is 5.73 Å². The van der Waals surface area contributed by atoms with Gasteiger partial charge in [0.05, 0.1) is 4.92 Å². The number of rotatable bonds is 6. The molecule has 0 amide bonds. The van der Waals surface area contributed by atoms with E-state index >= 15 is 0 Å². The Labute approximate surface area is 114 Å².